The van der Waals surface area contributed by atoms with E-state index in [1.807, 2.05) is 74.5 Å². The zero-order valence-electron chi connectivity index (χ0n) is 28.6. The van der Waals surface area contributed by atoms with Crippen LogP contribution >= 0.6 is 0 Å². The van der Waals surface area contributed by atoms with Crippen molar-refractivity contribution in [2.75, 3.05) is 19.6 Å². The number of hydrogen-bond acceptors (Lipinski definition) is 8. The molecule has 2 aromatic rings. The Morgan fingerprint density at radius 1 is 0.776 bits per heavy atom. The minimum absolute atomic E-state index is 0.000286. The number of carbonyl (C=O) groups is 5. The summed E-state index contributed by atoms with van der Waals surface area (Å²) in [5.74, 6) is -3.04. The van der Waals surface area contributed by atoms with Crippen LogP contribution in [0.25, 0.3) is 0 Å². The van der Waals surface area contributed by atoms with Crippen molar-refractivity contribution in [2.24, 2.45) is 23.1 Å². The van der Waals surface area contributed by atoms with E-state index in [1.165, 1.54) is 4.90 Å². The van der Waals surface area contributed by atoms with Crippen LogP contribution in [0.5, 0.6) is 0 Å². The molecule has 13 heteroatoms. The number of carbonyl (C=O) groups excluding carboxylic acids is 4. The van der Waals surface area contributed by atoms with E-state index in [2.05, 4.69) is 16.0 Å². The molecule has 0 aliphatic carbocycles. The number of amides is 4. The third kappa shape index (κ3) is 12.3. The Labute approximate surface area is 288 Å². The third-order valence-corrected chi connectivity index (χ3v) is 8.85. The zero-order valence-corrected chi connectivity index (χ0v) is 28.6. The van der Waals surface area contributed by atoms with Crippen LogP contribution in [-0.2, 0) is 36.8 Å². The summed E-state index contributed by atoms with van der Waals surface area (Å²) in [6, 6.07) is 14.7. The number of carboxylic acids is 1. The standard InChI is InChI=1S/C36H53N7O6/c1-24(2)21-29(32(45)40-28(15-9-10-18-37)34(47)43-19-16-36(39,17-20-43)35(48)49)42-33(46)30(23-26-13-7-4-8-14-26)41-31(44)27(38)22-25-11-5-3-6-12-25/h3-8,11-14,24,27-30H,9-10,15-23,37-39H2,1-2H3,(H,40,45)(H,41,44)(H,42,46)(H,48,49)/t27-,28+,29+,30-/m0/s1. The second-order valence-corrected chi connectivity index (χ2v) is 13.4. The van der Waals surface area contributed by atoms with Crippen molar-refractivity contribution in [2.45, 2.75) is 94.9 Å². The average molecular weight is 680 g/mol. The van der Waals surface area contributed by atoms with Crippen molar-refractivity contribution in [3.63, 3.8) is 0 Å². The van der Waals surface area contributed by atoms with Gasteiger partial charge in [-0.1, -0.05) is 74.5 Å². The van der Waals surface area contributed by atoms with Gasteiger partial charge in [0.2, 0.25) is 23.6 Å². The van der Waals surface area contributed by atoms with Gasteiger partial charge in [-0.2, -0.15) is 0 Å². The molecule has 0 bridgehead atoms. The smallest absolute Gasteiger partial charge is 0.323 e. The lowest BCUT2D eigenvalue weighted by atomic mass is 9.88. The highest BCUT2D eigenvalue weighted by Gasteiger charge is 2.40. The molecule has 268 valence electrons. The topological polar surface area (TPSA) is 223 Å². The molecular formula is C36H53N7O6. The maximum atomic E-state index is 13.9. The predicted octanol–water partition coefficient (Wildman–Crippen LogP) is 0.833. The molecule has 49 heavy (non-hydrogen) atoms. The Kier molecular flexibility index (Phi) is 15.2. The summed E-state index contributed by atoms with van der Waals surface area (Å²) in [5.41, 5.74) is 18.2. The van der Waals surface area contributed by atoms with Crippen LogP contribution in [0, 0.1) is 5.92 Å². The molecule has 0 unspecified atom stereocenters. The quantitative estimate of drug-likeness (QED) is 0.111. The molecule has 4 atom stereocenters. The van der Waals surface area contributed by atoms with Crippen LogP contribution in [0.3, 0.4) is 0 Å². The number of aliphatic carboxylic acids is 1. The van der Waals surface area contributed by atoms with Crippen molar-refractivity contribution in [3.05, 3.63) is 71.8 Å². The molecule has 1 aliphatic rings. The van der Waals surface area contributed by atoms with Crippen LogP contribution in [-0.4, -0.2) is 88.9 Å². The summed E-state index contributed by atoms with van der Waals surface area (Å²) in [4.78, 5) is 67.7. The van der Waals surface area contributed by atoms with Gasteiger partial charge in [-0.15, -0.1) is 0 Å². The van der Waals surface area contributed by atoms with E-state index in [1.54, 1.807) is 0 Å². The normalized spacial score (nSPS) is 16.6. The molecule has 10 N–H and O–H groups in total. The number of carboxylic acid groups (broad SMARTS) is 1. The first-order valence-corrected chi connectivity index (χ1v) is 17.1. The lowest BCUT2D eigenvalue weighted by molar-refractivity contribution is -0.148. The molecule has 0 saturated carbocycles. The van der Waals surface area contributed by atoms with E-state index in [0.29, 0.717) is 25.8 Å². The number of benzene rings is 2. The molecule has 3 rings (SSSR count). The van der Waals surface area contributed by atoms with Gasteiger partial charge in [0.15, 0.2) is 0 Å². The number of unbranched alkanes of at least 4 members (excludes halogenated alkanes) is 1. The molecule has 1 fully saturated rings. The monoisotopic (exact) mass is 679 g/mol. The van der Waals surface area contributed by atoms with Crippen LogP contribution < -0.4 is 33.2 Å². The summed E-state index contributed by atoms with van der Waals surface area (Å²) < 4.78 is 0. The molecule has 0 radical (unpaired) electrons. The van der Waals surface area contributed by atoms with E-state index >= 15 is 0 Å². The predicted molar refractivity (Wildman–Crippen MR) is 187 cm³/mol. The number of nitrogens with one attached hydrogen (secondary N) is 3. The highest BCUT2D eigenvalue weighted by Crippen LogP contribution is 2.21. The maximum Gasteiger partial charge on any atom is 0.323 e. The fourth-order valence-corrected chi connectivity index (χ4v) is 5.86. The first-order chi connectivity index (χ1) is 23.3. The molecule has 1 heterocycles. The van der Waals surface area contributed by atoms with E-state index < -0.39 is 53.4 Å². The molecule has 1 saturated heterocycles. The lowest BCUT2D eigenvalue weighted by Gasteiger charge is -2.38. The highest BCUT2D eigenvalue weighted by atomic mass is 16.4. The second-order valence-electron chi connectivity index (χ2n) is 13.4. The Morgan fingerprint density at radius 3 is 1.82 bits per heavy atom. The van der Waals surface area contributed by atoms with Crippen LogP contribution in [0.4, 0.5) is 0 Å². The van der Waals surface area contributed by atoms with Crippen molar-refractivity contribution >= 4 is 29.6 Å². The summed E-state index contributed by atoms with van der Waals surface area (Å²) in [6.45, 7) is 4.53. The number of rotatable bonds is 18. The fourth-order valence-electron chi connectivity index (χ4n) is 5.86. The van der Waals surface area contributed by atoms with Crippen LogP contribution in [0.15, 0.2) is 60.7 Å². The SMILES string of the molecule is CC(C)C[C@@H](NC(=O)[C@H](Cc1ccccc1)NC(=O)[C@@H](N)Cc1ccccc1)C(=O)N[C@H](CCCCN)C(=O)N1CCC(N)(C(=O)O)CC1. The van der Waals surface area contributed by atoms with E-state index in [4.69, 9.17) is 17.2 Å². The number of nitrogens with zero attached hydrogens (tertiary/aromatic N) is 1. The molecule has 2 aromatic carbocycles. The fraction of sp³-hybridized carbons (Fsp3) is 0.528. The minimum Gasteiger partial charge on any atom is -0.480 e. The number of piperidine rings is 1. The van der Waals surface area contributed by atoms with Gasteiger partial charge in [0.05, 0.1) is 6.04 Å². The summed E-state index contributed by atoms with van der Waals surface area (Å²) in [7, 11) is 0. The maximum absolute atomic E-state index is 13.9. The van der Waals surface area contributed by atoms with Gasteiger partial charge in [0, 0.05) is 19.5 Å². The van der Waals surface area contributed by atoms with Gasteiger partial charge in [-0.05, 0) is 68.5 Å². The Bertz CT molecular complexity index is 1380. The van der Waals surface area contributed by atoms with Crippen molar-refractivity contribution in [1.29, 1.82) is 0 Å². The van der Waals surface area contributed by atoms with Crippen molar-refractivity contribution in [3.8, 4) is 0 Å². The van der Waals surface area contributed by atoms with Gasteiger partial charge < -0.3 is 43.2 Å². The first kappa shape index (κ1) is 39.1. The Hall–Kier alpha value is -4.33. The summed E-state index contributed by atoms with van der Waals surface area (Å²) >= 11 is 0. The van der Waals surface area contributed by atoms with Gasteiger partial charge >= 0.3 is 5.97 Å². The molecule has 4 amide bonds. The molecule has 1 aliphatic heterocycles. The number of likely N-dealkylation sites (tertiary alicyclic amines) is 1. The van der Waals surface area contributed by atoms with E-state index in [9.17, 15) is 29.1 Å². The van der Waals surface area contributed by atoms with Crippen molar-refractivity contribution in [1.82, 2.24) is 20.9 Å². The zero-order chi connectivity index (χ0) is 36.0. The summed E-state index contributed by atoms with van der Waals surface area (Å²) in [5, 5.41) is 18.0. The Morgan fingerprint density at radius 2 is 1.29 bits per heavy atom. The highest BCUT2D eigenvalue weighted by molar-refractivity contribution is 5.95. The molecule has 0 spiro atoms. The van der Waals surface area contributed by atoms with Gasteiger partial charge in [-0.3, -0.25) is 24.0 Å². The van der Waals surface area contributed by atoms with Gasteiger partial charge in [-0.25, -0.2) is 0 Å². The Balaban J connectivity index is 1.77. The van der Waals surface area contributed by atoms with Gasteiger partial charge in [0.1, 0.15) is 23.7 Å². The first-order valence-electron chi connectivity index (χ1n) is 17.1. The molecule has 0 aromatic heterocycles. The van der Waals surface area contributed by atoms with Gasteiger partial charge in [0.25, 0.3) is 0 Å². The molecule has 13 nitrogen and oxygen atoms in total. The van der Waals surface area contributed by atoms with E-state index in [-0.39, 0.29) is 57.0 Å². The minimum atomic E-state index is -1.40. The summed E-state index contributed by atoms with van der Waals surface area (Å²) in [6.07, 6.45) is 2.44. The van der Waals surface area contributed by atoms with Crippen LogP contribution in [0.2, 0.25) is 0 Å². The third-order valence-electron chi connectivity index (χ3n) is 8.85. The lowest BCUT2D eigenvalue weighted by Crippen LogP contribution is -2.60. The van der Waals surface area contributed by atoms with Crippen LogP contribution in [0.1, 0.15) is 63.5 Å². The van der Waals surface area contributed by atoms with E-state index in [0.717, 1.165) is 11.1 Å². The number of nitrogens with two attached hydrogens (primary N) is 3. The average Bonchev–Trinajstić information content (AvgIpc) is 3.07. The van der Waals surface area contributed by atoms with Crippen molar-refractivity contribution < 1.29 is 29.1 Å². The number of hydrogen-bond donors (Lipinski definition) is 7. The molecular weight excluding hydrogens is 626 g/mol. The largest absolute Gasteiger partial charge is 0.480 e. The second kappa shape index (κ2) is 19.0.